The molecule has 1 aliphatic carbocycles. The number of aromatic nitrogens is 2. The zero-order chi connectivity index (χ0) is 36.5. The van der Waals surface area contributed by atoms with Gasteiger partial charge in [0.1, 0.15) is 17.8 Å². The Balaban J connectivity index is 1.06. The first-order chi connectivity index (χ1) is 25.3. The molecule has 0 spiro atoms. The van der Waals surface area contributed by atoms with E-state index < -0.39 is 12.1 Å². The molecule has 2 atom stereocenters. The van der Waals surface area contributed by atoms with E-state index in [1.54, 1.807) is 23.9 Å². The molecule has 1 aliphatic heterocycles. The van der Waals surface area contributed by atoms with Crippen LogP contribution in [0.25, 0.3) is 0 Å². The van der Waals surface area contributed by atoms with Crippen LogP contribution in [0.1, 0.15) is 58.6 Å². The molecule has 1 unspecified atom stereocenters. The Labute approximate surface area is 305 Å². The molecule has 11 nitrogen and oxygen atoms in total. The van der Waals surface area contributed by atoms with Crippen molar-refractivity contribution in [2.75, 3.05) is 26.2 Å². The molecule has 0 saturated carbocycles. The molecular formula is C41H49N7O4. The van der Waals surface area contributed by atoms with E-state index in [9.17, 15) is 19.2 Å². The molecule has 272 valence electrons. The fourth-order valence-electron chi connectivity index (χ4n) is 7.23. The van der Waals surface area contributed by atoms with Crippen LogP contribution in [-0.4, -0.2) is 81.5 Å². The molecule has 3 N–H and O–H groups in total. The predicted molar refractivity (Wildman–Crippen MR) is 199 cm³/mol. The first-order valence-corrected chi connectivity index (χ1v) is 18.4. The summed E-state index contributed by atoms with van der Waals surface area (Å²) in [6.07, 6.45) is 3.66. The third-order valence-corrected chi connectivity index (χ3v) is 10.2. The zero-order valence-electron chi connectivity index (χ0n) is 30.1. The van der Waals surface area contributed by atoms with Gasteiger partial charge in [0.15, 0.2) is 0 Å². The van der Waals surface area contributed by atoms with Gasteiger partial charge in [-0.15, -0.1) is 0 Å². The van der Waals surface area contributed by atoms with Crippen LogP contribution in [0.2, 0.25) is 0 Å². The van der Waals surface area contributed by atoms with Gasteiger partial charge in [0.25, 0.3) is 5.91 Å². The molecule has 2 aliphatic rings. The maximum atomic E-state index is 13.8. The molecule has 6 rings (SSSR count). The molecule has 1 fully saturated rings. The van der Waals surface area contributed by atoms with E-state index in [1.165, 1.54) is 16.7 Å². The molecule has 4 aromatic rings. The summed E-state index contributed by atoms with van der Waals surface area (Å²) >= 11 is 0. The van der Waals surface area contributed by atoms with Crippen LogP contribution < -0.4 is 16.0 Å². The minimum absolute atomic E-state index is 0.0679. The first-order valence-electron chi connectivity index (χ1n) is 18.4. The Bertz CT molecular complexity index is 1810. The SMILES string of the molecule is CCC(=O)NC(Cc1ccc(CNC(=O)[C@@H](NC(=O)c2ccnn2CC)C2Cc3ccccc3C2)cc1)C(=O)N1CCN(Cc2ccccc2)CC1. The van der Waals surface area contributed by atoms with Gasteiger partial charge in [0.2, 0.25) is 17.7 Å². The van der Waals surface area contributed by atoms with E-state index in [0.717, 1.165) is 30.8 Å². The smallest absolute Gasteiger partial charge is 0.270 e. The number of benzene rings is 3. The van der Waals surface area contributed by atoms with Crippen LogP contribution in [0, 0.1) is 5.92 Å². The monoisotopic (exact) mass is 703 g/mol. The highest BCUT2D eigenvalue weighted by molar-refractivity contribution is 5.96. The van der Waals surface area contributed by atoms with Gasteiger partial charge in [0, 0.05) is 64.9 Å². The summed E-state index contributed by atoms with van der Waals surface area (Å²) in [5, 5.41) is 13.3. The Morgan fingerprint density at radius 3 is 2.08 bits per heavy atom. The quantitative estimate of drug-likeness (QED) is 0.185. The molecule has 52 heavy (non-hydrogen) atoms. The van der Waals surface area contributed by atoms with Gasteiger partial charge in [0.05, 0.1) is 0 Å². The normalized spacial score (nSPS) is 15.8. The van der Waals surface area contributed by atoms with Crippen LogP contribution in [0.5, 0.6) is 0 Å². The molecule has 1 saturated heterocycles. The van der Waals surface area contributed by atoms with Crippen molar-refractivity contribution < 1.29 is 19.2 Å². The van der Waals surface area contributed by atoms with Crippen molar-refractivity contribution in [2.24, 2.45) is 5.92 Å². The lowest BCUT2D eigenvalue weighted by atomic mass is 9.95. The lowest BCUT2D eigenvalue weighted by molar-refractivity contribution is -0.138. The largest absolute Gasteiger partial charge is 0.350 e. The number of carbonyl (C=O) groups is 4. The number of fused-ring (bicyclic) bond motifs is 1. The van der Waals surface area contributed by atoms with Crippen LogP contribution >= 0.6 is 0 Å². The third-order valence-electron chi connectivity index (χ3n) is 10.2. The summed E-state index contributed by atoms with van der Waals surface area (Å²) in [6.45, 7) is 8.14. The summed E-state index contributed by atoms with van der Waals surface area (Å²) in [7, 11) is 0. The second kappa shape index (κ2) is 17.3. The summed E-state index contributed by atoms with van der Waals surface area (Å²) in [6, 6.07) is 26.5. The van der Waals surface area contributed by atoms with Gasteiger partial charge in [-0.2, -0.15) is 5.10 Å². The minimum Gasteiger partial charge on any atom is -0.350 e. The summed E-state index contributed by atoms with van der Waals surface area (Å²) in [5.41, 5.74) is 5.87. The van der Waals surface area contributed by atoms with Gasteiger partial charge >= 0.3 is 0 Å². The molecule has 1 aromatic heterocycles. The molecule has 4 amide bonds. The second-order valence-electron chi connectivity index (χ2n) is 13.7. The lowest BCUT2D eigenvalue weighted by Crippen LogP contribution is -2.55. The number of hydrogen-bond acceptors (Lipinski definition) is 6. The van der Waals surface area contributed by atoms with Gasteiger partial charge in [-0.1, -0.05) is 85.8 Å². The van der Waals surface area contributed by atoms with E-state index in [-0.39, 0.29) is 36.1 Å². The Morgan fingerprint density at radius 2 is 1.42 bits per heavy atom. The molecular weight excluding hydrogens is 654 g/mol. The highest BCUT2D eigenvalue weighted by Gasteiger charge is 2.35. The number of nitrogens with one attached hydrogen (secondary N) is 3. The molecule has 0 radical (unpaired) electrons. The Hall–Kier alpha value is -5.29. The molecule has 11 heteroatoms. The maximum Gasteiger partial charge on any atom is 0.270 e. The van der Waals surface area contributed by atoms with Crippen molar-refractivity contribution in [3.63, 3.8) is 0 Å². The van der Waals surface area contributed by atoms with Gasteiger partial charge < -0.3 is 20.9 Å². The van der Waals surface area contributed by atoms with Crippen LogP contribution in [0.15, 0.2) is 91.1 Å². The number of rotatable bonds is 14. The van der Waals surface area contributed by atoms with Crippen molar-refractivity contribution in [3.05, 3.63) is 125 Å². The van der Waals surface area contributed by atoms with Crippen LogP contribution in [0.3, 0.4) is 0 Å². The predicted octanol–water partition coefficient (Wildman–Crippen LogP) is 3.51. The number of amides is 4. The summed E-state index contributed by atoms with van der Waals surface area (Å²) in [4.78, 5) is 57.5. The third kappa shape index (κ3) is 9.13. The van der Waals surface area contributed by atoms with Gasteiger partial charge in [-0.3, -0.25) is 28.8 Å². The molecule has 2 heterocycles. The van der Waals surface area contributed by atoms with E-state index in [4.69, 9.17) is 0 Å². The Morgan fingerprint density at radius 1 is 0.769 bits per heavy atom. The zero-order valence-corrected chi connectivity index (χ0v) is 30.1. The number of nitrogens with zero attached hydrogens (tertiary/aromatic N) is 4. The average molecular weight is 704 g/mol. The summed E-state index contributed by atoms with van der Waals surface area (Å²) in [5.74, 6) is -0.878. The number of aryl methyl sites for hydroxylation is 1. The fraction of sp³-hybridized carbons (Fsp3) is 0.390. The molecule has 3 aromatic carbocycles. The van der Waals surface area contributed by atoms with E-state index in [2.05, 4.69) is 50.2 Å². The van der Waals surface area contributed by atoms with Crippen molar-refractivity contribution in [1.29, 1.82) is 0 Å². The van der Waals surface area contributed by atoms with Crippen molar-refractivity contribution >= 4 is 23.6 Å². The van der Waals surface area contributed by atoms with E-state index in [1.807, 2.05) is 66.4 Å². The second-order valence-corrected chi connectivity index (χ2v) is 13.7. The number of carbonyl (C=O) groups excluding carboxylic acids is 4. The van der Waals surface area contributed by atoms with E-state index in [0.29, 0.717) is 51.0 Å². The molecule has 0 bridgehead atoms. The average Bonchev–Trinajstić information content (AvgIpc) is 3.84. The Kier molecular flexibility index (Phi) is 12.1. The highest BCUT2D eigenvalue weighted by Crippen LogP contribution is 2.29. The van der Waals surface area contributed by atoms with Crippen LogP contribution in [0.4, 0.5) is 0 Å². The number of piperazine rings is 1. The van der Waals surface area contributed by atoms with Gasteiger partial charge in [-0.25, -0.2) is 0 Å². The summed E-state index contributed by atoms with van der Waals surface area (Å²) < 4.78 is 1.62. The van der Waals surface area contributed by atoms with Crippen molar-refractivity contribution in [2.45, 2.75) is 71.2 Å². The topological polar surface area (TPSA) is 129 Å². The minimum atomic E-state index is -0.728. The van der Waals surface area contributed by atoms with Crippen molar-refractivity contribution in [3.8, 4) is 0 Å². The fourth-order valence-corrected chi connectivity index (χ4v) is 7.23. The number of hydrogen-bond donors (Lipinski definition) is 3. The standard InChI is InChI=1S/C41H49N7O4/c1-3-37(49)44-35(41(52)47-22-20-46(21-23-47)28-31-10-6-5-7-11-31)24-29-14-16-30(17-15-29)27-42-40(51)38(34-25-32-12-8-9-13-33(32)26-34)45-39(50)36-18-19-43-48(36)4-2/h5-19,34-35,38H,3-4,20-28H2,1-2H3,(H,42,51)(H,44,49)(H,45,50)/t35?,38-/m0/s1. The first kappa shape index (κ1) is 36.5. The van der Waals surface area contributed by atoms with Gasteiger partial charge in [-0.05, 0) is 59.6 Å². The maximum absolute atomic E-state index is 13.8. The lowest BCUT2D eigenvalue weighted by Gasteiger charge is -2.36. The highest BCUT2D eigenvalue weighted by atomic mass is 16.2. The van der Waals surface area contributed by atoms with Crippen molar-refractivity contribution in [1.82, 2.24) is 35.5 Å². The van der Waals surface area contributed by atoms with E-state index >= 15 is 0 Å². The van der Waals surface area contributed by atoms with Crippen LogP contribution in [-0.2, 0) is 53.3 Å².